The van der Waals surface area contributed by atoms with Gasteiger partial charge in [0.2, 0.25) is 10.0 Å². The molecule has 0 amide bonds. The van der Waals surface area contributed by atoms with Crippen LogP contribution in [0.5, 0.6) is 5.75 Å². The van der Waals surface area contributed by atoms with Gasteiger partial charge in [-0.3, -0.25) is 0 Å². The van der Waals surface area contributed by atoms with Crippen LogP contribution in [0.2, 0.25) is 0 Å². The van der Waals surface area contributed by atoms with E-state index in [9.17, 15) is 26.7 Å². The smallest absolute Gasteiger partial charge is 0.406 e. The predicted octanol–water partition coefficient (Wildman–Crippen LogP) is 2.90. The summed E-state index contributed by atoms with van der Waals surface area (Å²) in [6, 6.07) is 4.42. The van der Waals surface area contributed by atoms with E-state index in [-0.39, 0.29) is 11.4 Å². The highest BCUT2D eigenvalue weighted by Crippen LogP contribution is 2.46. The lowest BCUT2D eigenvalue weighted by molar-refractivity contribution is -0.274. The molecule has 0 bridgehead atoms. The largest absolute Gasteiger partial charge is 0.573 e. The van der Waals surface area contributed by atoms with E-state index >= 15 is 0 Å². The summed E-state index contributed by atoms with van der Waals surface area (Å²) in [6.45, 7) is 0.488. The van der Waals surface area contributed by atoms with E-state index in [2.05, 4.69) is 4.74 Å². The summed E-state index contributed by atoms with van der Waals surface area (Å²) in [5.74, 6) is -0.568. The Morgan fingerprint density at radius 3 is 2.60 bits per heavy atom. The molecule has 3 rings (SSSR count). The Bertz CT molecular complexity index is 737. The van der Waals surface area contributed by atoms with Crippen molar-refractivity contribution in [1.82, 2.24) is 4.31 Å². The minimum absolute atomic E-state index is 0.195. The summed E-state index contributed by atoms with van der Waals surface area (Å²) >= 11 is 0. The first-order valence-electron chi connectivity index (χ1n) is 8.16. The van der Waals surface area contributed by atoms with Gasteiger partial charge in [-0.15, -0.1) is 13.2 Å². The van der Waals surface area contributed by atoms with Gasteiger partial charge in [-0.05, 0) is 37.8 Å². The van der Waals surface area contributed by atoms with Gasteiger partial charge in [-0.2, -0.15) is 4.31 Å². The number of halogens is 3. The fraction of sp³-hybridized carbons (Fsp3) is 0.625. The van der Waals surface area contributed by atoms with E-state index in [0.717, 1.165) is 31.4 Å². The summed E-state index contributed by atoms with van der Waals surface area (Å²) < 4.78 is 67.9. The van der Waals surface area contributed by atoms with Crippen molar-refractivity contribution in [3.63, 3.8) is 0 Å². The van der Waals surface area contributed by atoms with Gasteiger partial charge in [0.1, 0.15) is 5.75 Å². The molecule has 1 aliphatic heterocycles. The van der Waals surface area contributed by atoms with Crippen LogP contribution in [0.15, 0.2) is 29.2 Å². The highest BCUT2D eigenvalue weighted by molar-refractivity contribution is 7.89. The summed E-state index contributed by atoms with van der Waals surface area (Å²) in [6.07, 6.45) is -1.77. The number of benzene rings is 1. The minimum atomic E-state index is -4.88. The molecule has 1 saturated carbocycles. The number of aliphatic hydroxyl groups is 1. The Labute approximate surface area is 144 Å². The number of piperidine rings is 1. The maximum atomic E-state index is 12.9. The van der Waals surface area contributed by atoms with E-state index in [1.165, 1.54) is 16.4 Å². The van der Waals surface area contributed by atoms with E-state index in [1.54, 1.807) is 0 Å². The van der Waals surface area contributed by atoms with Crippen molar-refractivity contribution < 1.29 is 31.4 Å². The molecule has 25 heavy (non-hydrogen) atoms. The molecule has 5 nitrogen and oxygen atoms in total. The number of hydrogen-bond acceptors (Lipinski definition) is 4. The van der Waals surface area contributed by atoms with Crippen LogP contribution in [0.3, 0.4) is 0 Å². The average Bonchev–Trinajstić information content (AvgIpc) is 2.86. The highest BCUT2D eigenvalue weighted by atomic mass is 32.2. The molecule has 1 heterocycles. The first-order chi connectivity index (χ1) is 11.6. The van der Waals surface area contributed by atoms with Gasteiger partial charge >= 0.3 is 6.36 Å². The Morgan fingerprint density at radius 2 is 1.96 bits per heavy atom. The van der Waals surface area contributed by atoms with Crippen molar-refractivity contribution >= 4 is 10.0 Å². The van der Waals surface area contributed by atoms with Gasteiger partial charge in [0.25, 0.3) is 0 Å². The third kappa shape index (κ3) is 3.78. The van der Waals surface area contributed by atoms with Crippen LogP contribution < -0.4 is 4.74 Å². The van der Waals surface area contributed by atoms with Gasteiger partial charge in [0, 0.05) is 24.6 Å². The molecule has 1 spiro atoms. The molecule has 1 saturated heterocycles. The van der Waals surface area contributed by atoms with Crippen LogP contribution in [0, 0.1) is 5.41 Å². The second-order valence-corrected chi connectivity index (χ2v) is 8.67. The molecule has 2 aliphatic rings. The van der Waals surface area contributed by atoms with Crippen LogP contribution in [0.4, 0.5) is 13.2 Å². The third-order valence-corrected chi connectivity index (χ3v) is 6.95. The Kier molecular flexibility index (Phi) is 4.76. The zero-order valence-corrected chi connectivity index (χ0v) is 14.3. The molecule has 1 aromatic carbocycles. The van der Waals surface area contributed by atoms with Crippen molar-refractivity contribution in [1.29, 1.82) is 0 Å². The number of hydrogen-bond donors (Lipinski definition) is 1. The topological polar surface area (TPSA) is 66.8 Å². The second kappa shape index (κ2) is 6.44. The minimum Gasteiger partial charge on any atom is -0.406 e. The number of rotatable bonds is 3. The number of ether oxygens (including phenoxy) is 1. The molecule has 1 aromatic rings. The fourth-order valence-electron chi connectivity index (χ4n) is 3.90. The molecule has 2 fully saturated rings. The van der Waals surface area contributed by atoms with E-state index in [1.807, 2.05) is 0 Å². The molecular weight excluding hydrogens is 359 g/mol. The summed E-state index contributed by atoms with van der Waals surface area (Å²) in [7, 11) is -3.95. The number of sulfonamides is 1. The first kappa shape index (κ1) is 18.5. The van der Waals surface area contributed by atoms with Crippen LogP contribution in [0.25, 0.3) is 0 Å². The molecule has 9 heteroatoms. The molecule has 1 N–H and O–H groups in total. The van der Waals surface area contributed by atoms with Gasteiger partial charge < -0.3 is 9.84 Å². The zero-order valence-electron chi connectivity index (χ0n) is 13.5. The third-order valence-electron chi connectivity index (χ3n) is 5.11. The number of aliphatic hydroxyl groups excluding tert-OH is 1. The molecule has 0 aromatic heterocycles. The SMILES string of the molecule is O=S(=O)(c1cccc(OC(F)(F)F)c1)N1CCC[C@]2(CCC[C@H]2O)C1. The summed E-state index contributed by atoms with van der Waals surface area (Å²) in [4.78, 5) is -0.237. The quantitative estimate of drug-likeness (QED) is 0.877. The van der Waals surface area contributed by atoms with Gasteiger partial charge in [0.05, 0.1) is 11.0 Å². The predicted molar refractivity (Wildman–Crippen MR) is 83.4 cm³/mol. The van der Waals surface area contributed by atoms with Crippen molar-refractivity contribution in [2.45, 2.75) is 49.5 Å². The first-order valence-corrected chi connectivity index (χ1v) is 9.60. The van der Waals surface area contributed by atoms with Crippen LogP contribution in [-0.4, -0.2) is 43.4 Å². The summed E-state index contributed by atoms with van der Waals surface area (Å²) in [5.41, 5.74) is -0.439. The molecule has 0 radical (unpaired) electrons. The highest BCUT2D eigenvalue weighted by Gasteiger charge is 2.47. The Balaban J connectivity index is 1.85. The van der Waals surface area contributed by atoms with E-state index < -0.39 is 33.7 Å². The Hall–Kier alpha value is -1.32. The zero-order chi connectivity index (χ0) is 18.3. The molecule has 2 atom stereocenters. The maximum Gasteiger partial charge on any atom is 0.573 e. The van der Waals surface area contributed by atoms with Crippen molar-refractivity contribution in [2.24, 2.45) is 5.41 Å². The van der Waals surface area contributed by atoms with E-state index in [4.69, 9.17) is 0 Å². The maximum absolute atomic E-state index is 12.9. The van der Waals surface area contributed by atoms with Crippen molar-refractivity contribution in [2.75, 3.05) is 13.1 Å². The van der Waals surface area contributed by atoms with Crippen LogP contribution >= 0.6 is 0 Å². The van der Waals surface area contributed by atoms with Crippen LogP contribution in [0.1, 0.15) is 32.1 Å². The molecule has 0 unspecified atom stereocenters. The van der Waals surface area contributed by atoms with Crippen molar-refractivity contribution in [3.8, 4) is 5.75 Å². The normalized spacial score (nSPS) is 28.4. The molecular formula is C16H20F3NO4S. The number of alkyl halides is 3. The van der Waals surface area contributed by atoms with Crippen LogP contribution in [-0.2, 0) is 10.0 Å². The lowest BCUT2D eigenvalue weighted by Crippen LogP contribution is -2.49. The summed E-state index contributed by atoms with van der Waals surface area (Å²) in [5, 5.41) is 10.3. The number of nitrogens with zero attached hydrogens (tertiary/aromatic N) is 1. The lowest BCUT2D eigenvalue weighted by atomic mass is 9.77. The monoisotopic (exact) mass is 379 g/mol. The fourth-order valence-corrected chi connectivity index (χ4v) is 5.51. The second-order valence-electron chi connectivity index (χ2n) is 6.74. The Morgan fingerprint density at radius 1 is 1.24 bits per heavy atom. The van der Waals surface area contributed by atoms with Gasteiger partial charge in [0.15, 0.2) is 0 Å². The van der Waals surface area contributed by atoms with Crippen molar-refractivity contribution in [3.05, 3.63) is 24.3 Å². The lowest BCUT2D eigenvalue weighted by Gasteiger charge is -2.41. The average molecular weight is 379 g/mol. The van der Waals surface area contributed by atoms with E-state index in [0.29, 0.717) is 19.4 Å². The standard InChI is InChI=1S/C16H20F3NO4S/c17-16(18,19)24-12-4-1-5-13(10-12)25(22,23)20-9-3-8-15(11-20)7-2-6-14(15)21/h1,4-5,10,14,21H,2-3,6-9,11H2/t14-,15-/m1/s1. The molecule has 1 aliphatic carbocycles. The van der Waals surface area contributed by atoms with Gasteiger partial charge in [-0.25, -0.2) is 8.42 Å². The van der Waals surface area contributed by atoms with Gasteiger partial charge in [-0.1, -0.05) is 12.5 Å². The molecule has 140 valence electrons.